The Labute approximate surface area is 157 Å². The predicted molar refractivity (Wildman–Crippen MR) is 110 cm³/mol. The molecule has 5 rings (SSSR count). The van der Waals surface area contributed by atoms with Crippen LogP contribution in [0, 0.1) is 0 Å². The molecule has 4 aromatic rings. The second-order valence-electron chi connectivity index (χ2n) is 7.02. The van der Waals surface area contributed by atoms with Gasteiger partial charge in [0.25, 0.3) is 0 Å². The molecular weight excluding hydrogens is 334 g/mol. The average molecular weight is 355 g/mol. The van der Waals surface area contributed by atoms with Crippen LogP contribution >= 0.6 is 0 Å². The summed E-state index contributed by atoms with van der Waals surface area (Å²) in [6, 6.07) is 12.4. The Kier molecular flexibility index (Phi) is 3.89. The van der Waals surface area contributed by atoms with Crippen LogP contribution in [0.5, 0.6) is 5.75 Å². The van der Waals surface area contributed by atoms with E-state index in [1.165, 1.54) is 24.0 Å². The number of fused-ring (bicyclic) bond motifs is 2. The first-order valence-electron chi connectivity index (χ1n) is 9.44. The van der Waals surface area contributed by atoms with Crippen LogP contribution in [0.15, 0.2) is 54.9 Å². The van der Waals surface area contributed by atoms with Gasteiger partial charge in [0.1, 0.15) is 11.4 Å². The number of ether oxygens (including phenoxy) is 1. The molecule has 0 spiro atoms. The number of rotatable bonds is 3. The fraction of sp³-hybridized carbons (Fsp3) is 0.217. The molecule has 134 valence electrons. The summed E-state index contributed by atoms with van der Waals surface area (Å²) in [5.41, 5.74) is 6.64. The topological polar surface area (TPSA) is 50.8 Å². The van der Waals surface area contributed by atoms with Crippen molar-refractivity contribution in [1.29, 1.82) is 0 Å². The molecule has 4 nitrogen and oxygen atoms in total. The highest BCUT2D eigenvalue weighted by atomic mass is 16.5. The molecule has 0 saturated carbocycles. The zero-order valence-corrected chi connectivity index (χ0v) is 15.3. The first-order chi connectivity index (χ1) is 13.3. The highest BCUT2D eigenvalue weighted by Crippen LogP contribution is 2.36. The number of hydrogen-bond acceptors (Lipinski definition) is 3. The van der Waals surface area contributed by atoms with Gasteiger partial charge in [0.05, 0.1) is 18.3 Å². The van der Waals surface area contributed by atoms with E-state index in [-0.39, 0.29) is 0 Å². The lowest BCUT2D eigenvalue weighted by atomic mass is 9.90. The van der Waals surface area contributed by atoms with E-state index >= 15 is 0 Å². The molecule has 3 heterocycles. The van der Waals surface area contributed by atoms with Gasteiger partial charge in [-0.3, -0.25) is 0 Å². The molecule has 0 unspecified atom stereocenters. The smallest absolute Gasteiger partial charge is 0.137 e. The molecule has 3 aromatic heterocycles. The number of H-pyrrole nitrogens is 1. The summed E-state index contributed by atoms with van der Waals surface area (Å²) in [7, 11) is 1.71. The number of benzene rings is 1. The molecule has 0 amide bonds. The van der Waals surface area contributed by atoms with Gasteiger partial charge in [-0.15, -0.1) is 0 Å². The molecule has 27 heavy (non-hydrogen) atoms. The third-order valence-corrected chi connectivity index (χ3v) is 5.38. The van der Waals surface area contributed by atoms with Gasteiger partial charge in [-0.25, -0.2) is 9.97 Å². The summed E-state index contributed by atoms with van der Waals surface area (Å²) >= 11 is 0. The Morgan fingerprint density at radius 1 is 1.04 bits per heavy atom. The van der Waals surface area contributed by atoms with Crippen molar-refractivity contribution >= 4 is 27.5 Å². The van der Waals surface area contributed by atoms with Gasteiger partial charge in [0.15, 0.2) is 0 Å². The number of methoxy groups -OCH3 is 1. The molecule has 1 N–H and O–H groups in total. The number of pyridine rings is 2. The minimum atomic E-state index is 0.867. The lowest BCUT2D eigenvalue weighted by Gasteiger charge is -2.17. The standard InChI is InChI=1S/C23H21N3O/c1-27-16-9-10-21-19(12-16)18(15-6-3-2-4-7-15)13-22(26-21)20-14-25-23-17(20)8-5-11-24-23/h5-6,8-14H,2-4,7H2,1H3,(H,24,25). The average Bonchev–Trinajstić information content (AvgIpc) is 3.17. The van der Waals surface area contributed by atoms with E-state index in [2.05, 4.69) is 40.3 Å². The van der Waals surface area contributed by atoms with E-state index in [0.717, 1.165) is 51.8 Å². The molecular formula is C23H21N3O. The van der Waals surface area contributed by atoms with Crippen molar-refractivity contribution in [2.45, 2.75) is 25.7 Å². The van der Waals surface area contributed by atoms with Crippen molar-refractivity contribution in [2.24, 2.45) is 0 Å². The fourth-order valence-electron chi connectivity index (χ4n) is 3.99. The normalized spacial score (nSPS) is 14.5. The third kappa shape index (κ3) is 2.78. The number of nitrogens with one attached hydrogen (secondary N) is 1. The molecule has 1 aromatic carbocycles. The first-order valence-corrected chi connectivity index (χ1v) is 9.44. The van der Waals surface area contributed by atoms with Gasteiger partial charge in [0, 0.05) is 28.7 Å². The van der Waals surface area contributed by atoms with E-state index in [9.17, 15) is 0 Å². The van der Waals surface area contributed by atoms with E-state index in [0.29, 0.717) is 0 Å². The van der Waals surface area contributed by atoms with Crippen LogP contribution < -0.4 is 4.74 Å². The van der Waals surface area contributed by atoms with Gasteiger partial charge < -0.3 is 9.72 Å². The predicted octanol–water partition coefficient (Wildman–Crippen LogP) is 5.74. The van der Waals surface area contributed by atoms with E-state index in [1.807, 2.05) is 18.3 Å². The molecule has 0 atom stereocenters. The molecule has 0 bridgehead atoms. The van der Waals surface area contributed by atoms with Crippen LogP contribution in [0.1, 0.15) is 31.2 Å². The molecule has 0 saturated heterocycles. The van der Waals surface area contributed by atoms with Crippen molar-refractivity contribution in [3.8, 4) is 17.0 Å². The zero-order valence-electron chi connectivity index (χ0n) is 15.3. The van der Waals surface area contributed by atoms with Crippen molar-refractivity contribution in [2.75, 3.05) is 7.11 Å². The Morgan fingerprint density at radius 2 is 2.00 bits per heavy atom. The van der Waals surface area contributed by atoms with Crippen molar-refractivity contribution < 1.29 is 4.74 Å². The summed E-state index contributed by atoms with van der Waals surface area (Å²) in [5, 5.41) is 2.26. The lowest BCUT2D eigenvalue weighted by molar-refractivity contribution is 0.415. The summed E-state index contributed by atoms with van der Waals surface area (Å²) < 4.78 is 5.46. The molecule has 1 aliphatic rings. The van der Waals surface area contributed by atoms with Crippen LogP contribution in [-0.2, 0) is 0 Å². The molecule has 4 heteroatoms. The van der Waals surface area contributed by atoms with Gasteiger partial charge in [-0.05, 0) is 73.2 Å². The summed E-state index contributed by atoms with van der Waals surface area (Å²) in [6.45, 7) is 0. The summed E-state index contributed by atoms with van der Waals surface area (Å²) in [5.74, 6) is 0.867. The molecule has 1 aliphatic carbocycles. The molecule has 0 aliphatic heterocycles. The number of nitrogens with zero attached hydrogens (tertiary/aromatic N) is 2. The molecule has 0 radical (unpaired) electrons. The Bertz CT molecular complexity index is 1170. The quantitative estimate of drug-likeness (QED) is 0.509. The van der Waals surface area contributed by atoms with E-state index < -0.39 is 0 Å². The summed E-state index contributed by atoms with van der Waals surface area (Å²) in [6.07, 6.45) is 11.0. The van der Waals surface area contributed by atoms with Crippen LogP contribution in [-0.4, -0.2) is 22.1 Å². The Balaban J connectivity index is 1.78. The third-order valence-electron chi connectivity index (χ3n) is 5.38. The SMILES string of the molecule is COc1ccc2nc(-c3c[nH]c4ncccc34)cc(C3=CCCCC3)c2c1. The fourth-order valence-corrected chi connectivity index (χ4v) is 3.99. The minimum absolute atomic E-state index is 0.867. The number of aromatic nitrogens is 3. The van der Waals surface area contributed by atoms with Gasteiger partial charge in [-0.2, -0.15) is 0 Å². The van der Waals surface area contributed by atoms with Gasteiger partial charge >= 0.3 is 0 Å². The van der Waals surface area contributed by atoms with Gasteiger partial charge in [0.2, 0.25) is 0 Å². The number of aromatic amines is 1. The van der Waals surface area contributed by atoms with Crippen LogP contribution in [0.4, 0.5) is 0 Å². The maximum atomic E-state index is 5.46. The van der Waals surface area contributed by atoms with Crippen molar-refractivity contribution in [3.63, 3.8) is 0 Å². The maximum Gasteiger partial charge on any atom is 0.137 e. The monoisotopic (exact) mass is 355 g/mol. The molecule has 0 fully saturated rings. The first kappa shape index (κ1) is 16.1. The van der Waals surface area contributed by atoms with E-state index in [4.69, 9.17) is 9.72 Å². The maximum absolute atomic E-state index is 5.46. The highest BCUT2D eigenvalue weighted by molar-refractivity contribution is 5.98. The number of allylic oxidation sites excluding steroid dienone is 2. The van der Waals surface area contributed by atoms with E-state index in [1.54, 1.807) is 13.3 Å². The Morgan fingerprint density at radius 3 is 2.85 bits per heavy atom. The largest absolute Gasteiger partial charge is 0.497 e. The van der Waals surface area contributed by atoms with Crippen LogP contribution in [0.25, 0.3) is 38.8 Å². The number of hydrogen-bond donors (Lipinski definition) is 1. The second-order valence-corrected chi connectivity index (χ2v) is 7.02. The lowest BCUT2D eigenvalue weighted by Crippen LogP contribution is -1.97. The van der Waals surface area contributed by atoms with Gasteiger partial charge in [-0.1, -0.05) is 6.08 Å². The minimum Gasteiger partial charge on any atom is -0.497 e. The second kappa shape index (κ2) is 6.54. The highest BCUT2D eigenvalue weighted by Gasteiger charge is 2.16. The van der Waals surface area contributed by atoms with Crippen LogP contribution in [0.2, 0.25) is 0 Å². The summed E-state index contributed by atoms with van der Waals surface area (Å²) in [4.78, 5) is 12.6. The van der Waals surface area contributed by atoms with Crippen LogP contribution in [0.3, 0.4) is 0 Å². The Hall–Kier alpha value is -3.14. The van der Waals surface area contributed by atoms with Crippen molar-refractivity contribution in [3.05, 3.63) is 60.4 Å². The van der Waals surface area contributed by atoms with Crippen molar-refractivity contribution in [1.82, 2.24) is 15.0 Å². The zero-order chi connectivity index (χ0) is 18.2.